The van der Waals surface area contributed by atoms with Crippen molar-refractivity contribution in [2.24, 2.45) is 10.9 Å². The summed E-state index contributed by atoms with van der Waals surface area (Å²) in [4.78, 5) is 18.6. The number of guanidine groups is 1. The van der Waals surface area contributed by atoms with Crippen LogP contribution in [-0.4, -0.2) is 62.8 Å². The van der Waals surface area contributed by atoms with Gasteiger partial charge in [0.05, 0.1) is 18.6 Å². The van der Waals surface area contributed by atoms with Gasteiger partial charge in [0.25, 0.3) is 0 Å². The van der Waals surface area contributed by atoms with Gasteiger partial charge in [0.15, 0.2) is 5.96 Å². The van der Waals surface area contributed by atoms with Crippen LogP contribution >= 0.6 is 0 Å². The van der Waals surface area contributed by atoms with Gasteiger partial charge in [-0.2, -0.15) is 0 Å². The molecule has 1 saturated carbocycles. The van der Waals surface area contributed by atoms with E-state index in [9.17, 15) is 4.79 Å². The highest BCUT2D eigenvalue weighted by molar-refractivity contribution is 5.81. The zero-order valence-electron chi connectivity index (χ0n) is 17.4. The number of aliphatic imine (C=N–C) groups is 1. The van der Waals surface area contributed by atoms with E-state index in [-0.39, 0.29) is 11.9 Å². The average molecular weight is 382 g/mol. The number of nitrogens with zero attached hydrogens (tertiary/aromatic N) is 2. The number of ether oxygens (including phenoxy) is 2. The second-order valence-corrected chi connectivity index (χ2v) is 7.70. The van der Waals surface area contributed by atoms with E-state index < -0.39 is 0 Å². The fourth-order valence-corrected chi connectivity index (χ4v) is 4.04. The summed E-state index contributed by atoms with van der Waals surface area (Å²) in [7, 11) is 1.81. The molecule has 156 valence electrons. The van der Waals surface area contributed by atoms with Crippen LogP contribution in [0.25, 0.3) is 0 Å². The first kappa shape index (κ1) is 22.0. The molecule has 1 aliphatic heterocycles. The first-order valence-corrected chi connectivity index (χ1v) is 11.0. The van der Waals surface area contributed by atoms with Crippen LogP contribution in [0.15, 0.2) is 4.99 Å². The summed E-state index contributed by atoms with van der Waals surface area (Å²) in [6.07, 6.45) is 12.4. The van der Waals surface area contributed by atoms with Gasteiger partial charge >= 0.3 is 5.97 Å². The summed E-state index contributed by atoms with van der Waals surface area (Å²) in [5.41, 5.74) is 0. The maximum absolute atomic E-state index is 12.0. The summed E-state index contributed by atoms with van der Waals surface area (Å²) in [5.74, 6) is 0.784. The molecular weight excluding hydrogens is 342 g/mol. The Kier molecular flexibility index (Phi) is 10.6. The monoisotopic (exact) mass is 381 g/mol. The van der Waals surface area contributed by atoms with Crippen molar-refractivity contribution in [3.05, 3.63) is 0 Å². The molecule has 0 amide bonds. The smallest absolute Gasteiger partial charge is 0.310 e. The molecule has 6 heteroatoms. The topological polar surface area (TPSA) is 63.2 Å². The summed E-state index contributed by atoms with van der Waals surface area (Å²) < 4.78 is 11.2. The van der Waals surface area contributed by atoms with Gasteiger partial charge in [-0.3, -0.25) is 9.79 Å². The van der Waals surface area contributed by atoms with Gasteiger partial charge in [-0.05, 0) is 45.4 Å². The Balaban J connectivity index is 1.61. The van der Waals surface area contributed by atoms with Crippen molar-refractivity contribution < 1.29 is 14.3 Å². The van der Waals surface area contributed by atoms with E-state index in [1.54, 1.807) is 0 Å². The highest BCUT2D eigenvalue weighted by atomic mass is 16.5. The molecule has 6 nitrogen and oxygen atoms in total. The largest absolute Gasteiger partial charge is 0.466 e. The van der Waals surface area contributed by atoms with Crippen LogP contribution in [0, 0.1) is 5.92 Å². The Morgan fingerprint density at radius 1 is 1.11 bits per heavy atom. The summed E-state index contributed by atoms with van der Waals surface area (Å²) in [6, 6.07) is 0. The van der Waals surface area contributed by atoms with Gasteiger partial charge in [-0.1, -0.05) is 25.7 Å². The quantitative estimate of drug-likeness (QED) is 0.230. The minimum Gasteiger partial charge on any atom is -0.466 e. The number of hydrogen-bond acceptors (Lipinski definition) is 4. The van der Waals surface area contributed by atoms with Gasteiger partial charge in [0, 0.05) is 33.3 Å². The highest BCUT2D eigenvalue weighted by Gasteiger charge is 2.28. The number of carbonyl (C=O) groups excluding carboxylic acids is 1. The van der Waals surface area contributed by atoms with E-state index in [2.05, 4.69) is 15.2 Å². The van der Waals surface area contributed by atoms with Crippen LogP contribution in [0.1, 0.15) is 71.1 Å². The molecular formula is C21H39N3O3. The third-order valence-corrected chi connectivity index (χ3v) is 5.56. The lowest BCUT2D eigenvalue weighted by atomic mass is 9.98. The third kappa shape index (κ3) is 8.08. The first-order valence-electron chi connectivity index (χ1n) is 11.0. The van der Waals surface area contributed by atoms with Crippen molar-refractivity contribution >= 4 is 11.9 Å². The van der Waals surface area contributed by atoms with Crippen molar-refractivity contribution in [1.29, 1.82) is 0 Å². The van der Waals surface area contributed by atoms with Crippen LogP contribution in [-0.2, 0) is 14.3 Å². The predicted molar refractivity (Wildman–Crippen MR) is 109 cm³/mol. The number of carbonyl (C=O) groups is 1. The van der Waals surface area contributed by atoms with Crippen LogP contribution in [0.5, 0.6) is 0 Å². The number of esters is 1. The van der Waals surface area contributed by atoms with Crippen LogP contribution in [0.2, 0.25) is 0 Å². The fraction of sp³-hybridized carbons (Fsp3) is 0.905. The minimum atomic E-state index is -0.0756. The Hall–Kier alpha value is -1.30. The molecule has 1 saturated heterocycles. The lowest BCUT2D eigenvalue weighted by molar-refractivity contribution is -0.149. The maximum Gasteiger partial charge on any atom is 0.310 e. The molecule has 2 rings (SSSR count). The molecule has 0 radical (unpaired) electrons. The normalized spacial score (nSPS) is 22.4. The molecule has 0 aromatic carbocycles. The van der Waals surface area contributed by atoms with Crippen molar-refractivity contribution in [3.63, 3.8) is 0 Å². The van der Waals surface area contributed by atoms with E-state index in [0.29, 0.717) is 19.3 Å². The van der Waals surface area contributed by atoms with Crippen LogP contribution < -0.4 is 5.32 Å². The number of rotatable bonds is 8. The standard InChI is InChI=1S/C21H39N3O3/c1-3-26-20(25)18-11-10-15-24(17-18)21(22-2)23-14-8-9-16-27-19-12-6-4-5-7-13-19/h18-19H,3-17H2,1-2H3,(H,22,23). The van der Waals surface area contributed by atoms with Crippen LogP contribution in [0.4, 0.5) is 0 Å². The minimum absolute atomic E-state index is 0.0368. The van der Waals surface area contributed by atoms with Crippen LogP contribution in [0.3, 0.4) is 0 Å². The number of nitrogens with one attached hydrogen (secondary N) is 1. The Morgan fingerprint density at radius 3 is 2.59 bits per heavy atom. The second kappa shape index (κ2) is 13.0. The van der Waals surface area contributed by atoms with Gasteiger partial charge < -0.3 is 19.7 Å². The number of unbranched alkanes of at least 4 members (excludes halogenated alkanes) is 1. The second-order valence-electron chi connectivity index (χ2n) is 7.70. The van der Waals surface area contributed by atoms with E-state index in [1.165, 1.54) is 38.5 Å². The molecule has 2 fully saturated rings. The molecule has 1 heterocycles. The summed E-state index contributed by atoms with van der Waals surface area (Å²) in [5, 5.41) is 3.45. The lowest BCUT2D eigenvalue weighted by Gasteiger charge is -2.34. The maximum atomic E-state index is 12.0. The number of likely N-dealkylation sites (tertiary alicyclic amines) is 1. The van der Waals surface area contributed by atoms with Crippen molar-refractivity contribution in [2.45, 2.75) is 77.2 Å². The molecule has 0 aromatic heterocycles. The average Bonchev–Trinajstić information content (AvgIpc) is 2.96. The molecule has 1 N–H and O–H groups in total. The van der Waals surface area contributed by atoms with Gasteiger partial charge in [0.2, 0.25) is 0 Å². The summed E-state index contributed by atoms with van der Waals surface area (Å²) in [6.45, 7) is 5.70. The Bertz CT molecular complexity index is 448. The van der Waals surface area contributed by atoms with E-state index >= 15 is 0 Å². The summed E-state index contributed by atoms with van der Waals surface area (Å²) >= 11 is 0. The molecule has 1 atom stereocenters. The van der Waals surface area contributed by atoms with E-state index in [0.717, 1.165) is 51.3 Å². The first-order chi connectivity index (χ1) is 13.2. The molecule has 0 spiro atoms. The third-order valence-electron chi connectivity index (χ3n) is 5.56. The number of piperidine rings is 1. The fourth-order valence-electron chi connectivity index (χ4n) is 4.04. The van der Waals surface area contributed by atoms with Gasteiger partial charge in [0.1, 0.15) is 0 Å². The Morgan fingerprint density at radius 2 is 1.89 bits per heavy atom. The predicted octanol–water partition coefficient (Wildman–Crippen LogP) is 3.36. The molecule has 0 aromatic rings. The highest BCUT2D eigenvalue weighted by Crippen LogP contribution is 2.20. The zero-order valence-corrected chi connectivity index (χ0v) is 17.4. The lowest BCUT2D eigenvalue weighted by Crippen LogP contribution is -2.48. The molecule has 0 bridgehead atoms. The van der Waals surface area contributed by atoms with Gasteiger partial charge in [-0.15, -0.1) is 0 Å². The van der Waals surface area contributed by atoms with Crippen molar-refractivity contribution in [1.82, 2.24) is 10.2 Å². The van der Waals surface area contributed by atoms with Crippen molar-refractivity contribution in [3.8, 4) is 0 Å². The van der Waals surface area contributed by atoms with Crippen molar-refractivity contribution in [2.75, 3.05) is 39.9 Å². The SMILES string of the molecule is CCOC(=O)C1CCCN(C(=NC)NCCCCOC2CCCCCC2)C1. The van der Waals surface area contributed by atoms with E-state index in [1.807, 2.05) is 14.0 Å². The molecule has 2 aliphatic rings. The molecule has 27 heavy (non-hydrogen) atoms. The number of hydrogen-bond donors (Lipinski definition) is 1. The Labute approximate surface area is 165 Å². The molecule has 1 aliphatic carbocycles. The molecule has 1 unspecified atom stereocenters. The van der Waals surface area contributed by atoms with E-state index in [4.69, 9.17) is 9.47 Å². The van der Waals surface area contributed by atoms with Gasteiger partial charge in [-0.25, -0.2) is 0 Å². The zero-order chi connectivity index (χ0) is 19.3.